The Hall–Kier alpha value is -3.91. The van der Waals surface area contributed by atoms with Crippen molar-refractivity contribution in [1.82, 2.24) is 10.3 Å². The van der Waals surface area contributed by atoms with Crippen LogP contribution in [0.4, 0.5) is 15.8 Å². The highest BCUT2D eigenvalue weighted by Crippen LogP contribution is 2.41. The quantitative estimate of drug-likeness (QED) is 0.276. The average Bonchev–Trinajstić information content (AvgIpc) is 3.25. The van der Waals surface area contributed by atoms with E-state index in [0.717, 1.165) is 16.5 Å². The molecule has 1 aromatic heterocycles. The van der Waals surface area contributed by atoms with Gasteiger partial charge >= 0.3 is 0 Å². The number of methoxy groups -OCH3 is 3. The molecule has 4 aromatic rings. The Labute approximate surface area is 207 Å². The monoisotopic (exact) mass is 497 g/mol. The summed E-state index contributed by atoms with van der Waals surface area (Å²) in [6.45, 7) is 0.388. The van der Waals surface area contributed by atoms with Crippen LogP contribution in [0.3, 0.4) is 0 Å². The molecule has 7 nitrogen and oxygen atoms in total. The molecule has 0 bridgehead atoms. The van der Waals surface area contributed by atoms with Crippen LogP contribution in [0.1, 0.15) is 15.9 Å². The lowest BCUT2D eigenvalue weighted by molar-refractivity contribution is 0.0955. The summed E-state index contributed by atoms with van der Waals surface area (Å²) in [5.74, 6) is 0.465. The van der Waals surface area contributed by atoms with Gasteiger partial charge in [-0.25, -0.2) is 4.39 Å². The van der Waals surface area contributed by atoms with E-state index < -0.39 is 5.82 Å². The number of aromatic amines is 1. The van der Waals surface area contributed by atoms with Gasteiger partial charge in [0.25, 0.3) is 5.91 Å². The van der Waals surface area contributed by atoms with Gasteiger partial charge in [0.1, 0.15) is 5.82 Å². The Morgan fingerprint density at radius 1 is 1.00 bits per heavy atom. The number of ether oxygens (including phenoxy) is 3. The van der Waals surface area contributed by atoms with Crippen LogP contribution in [-0.4, -0.2) is 38.8 Å². The van der Waals surface area contributed by atoms with Crippen molar-refractivity contribution in [1.29, 1.82) is 0 Å². The van der Waals surface area contributed by atoms with Crippen LogP contribution in [-0.2, 0) is 6.42 Å². The first-order valence-corrected chi connectivity index (χ1v) is 11.2. The summed E-state index contributed by atoms with van der Waals surface area (Å²) >= 11 is 6.12. The van der Waals surface area contributed by atoms with E-state index in [1.807, 2.05) is 24.4 Å². The lowest BCUT2D eigenvalue weighted by atomic mass is 10.1. The van der Waals surface area contributed by atoms with E-state index >= 15 is 0 Å². The van der Waals surface area contributed by atoms with Crippen molar-refractivity contribution in [2.75, 3.05) is 33.2 Å². The third-order valence-corrected chi connectivity index (χ3v) is 5.81. The number of anilines is 2. The van der Waals surface area contributed by atoms with Gasteiger partial charge < -0.3 is 29.8 Å². The topological polar surface area (TPSA) is 84.6 Å². The number of halogens is 2. The minimum absolute atomic E-state index is 0.294. The zero-order valence-corrected chi connectivity index (χ0v) is 20.3. The lowest BCUT2D eigenvalue weighted by Crippen LogP contribution is -2.26. The van der Waals surface area contributed by atoms with Gasteiger partial charge in [-0.15, -0.1) is 0 Å². The number of rotatable bonds is 9. The first kappa shape index (κ1) is 24.2. The molecule has 0 saturated heterocycles. The number of hydrogen-bond donors (Lipinski definition) is 3. The molecule has 0 spiro atoms. The molecular weight excluding hydrogens is 473 g/mol. The molecule has 182 valence electrons. The number of amides is 1. The van der Waals surface area contributed by atoms with E-state index in [-0.39, 0.29) is 5.91 Å². The second kappa shape index (κ2) is 10.6. The average molecular weight is 498 g/mol. The van der Waals surface area contributed by atoms with Crippen molar-refractivity contribution in [3.8, 4) is 17.2 Å². The second-order valence-electron chi connectivity index (χ2n) is 7.74. The van der Waals surface area contributed by atoms with E-state index in [9.17, 15) is 9.18 Å². The highest BCUT2D eigenvalue weighted by atomic mass is 35.5. The fraction of sp³-hybridized carbons (Fsp3) is 0.192. The highest BCUT2D eigenvalue weighted by Gasteiger charge is 2.17. The zero-order valence-electron chi connectivity index (χ0n) is 19.5. The Kier molecular flexibility index (Phi) is 7.31. The van der Waals surface area contributed by atoms with Crippen molar-refractivity contribution in [2.45, 2.75) is 6.42 Å². The second-order valence-corrected chi connectivity index (χ2v) is 8.18. The van der Waals surface area contributed by atoms with Crippen LogP contribution < -0.4 is 24.8 Å². The van der Waals surface area contributed by atoms with Gasteiger partial charge in [0.2, 0.25) is 5.75 Å². The van der Waals surface area contributed by atoms with Crippen LogP contribution in [0.2, 0.25) is 5.02 Å². The van der Waals surface area contributed by atoms with Gasteiger partial charge in [0.15, 0.2) is 11.5 Å². The summed E-state index contributed by atoms with van der Waals surface area (Å²) in [5, 5.41) is 7.66. The van der Waals surface area contributed by atoms with E-state index in [1.165, 1.54) is 39.5 Å². The minimum atomic E-state index is -0.479. The smallest absolute Gasteiger partial charge is 0.253 e. The Morgan fingerprint density at radius 2 is 1.74 bits per heavy atom. The summed E-state index contributed by atoms with van der Waals surface area (Å²) in [6, 6.07) is 12.9. The van der Waals surface area contributed by atoms with Gasteiger partial charge in [-0.05, 0) is 48.4 Å². The number of benzene rings is 3. The van der Waals surface area contributed by atoms with Crippen LogP contribution in [0.5, 0.6) is 17.2 Å². The maximum Gasteiger partial charge on any atom is 0.253 e. The number of hydrogen-bond acceptors (Lipinski definition) is 5. The molecule has 0 radical (unpaired) electrons. The van der Waals surface area contributed by atoms with Crippen molar-refractivity contribution in [3.63, 3.8) is 0 Å². The normalized spacial score (nSPS) is 10.8. The van der Waals surface area contributed by atoms with E-state index in [4.69, 9.17) is 25.8 Å². The summed E-state index contributed by atoms with van der Waals surface area (Å²) in [4.78, 5) is 16.2. The van der Waals surface area contributed by atoms with Gasteiger partial charge in [-0.1, -0.05) is 11.6 Å². The molecule has 3 N–H and O–H groups in total. The third kappa shape index (κ3) is 5.27. The molecule has 35 heavy (non-hydrogen) atoms. The molecule has 3 aromatic carbocycles. The van der Waals surface area contributed by atoms with Gasteiger partial charge in [-0.3, -0.25) is 4.79 Å². The summed E-state index contributed by atoms with van der Waals surface area (Å²) < 4.78 is 30.2. The molecule has 0 aliphatic carbocycles. The number of nitrogens with one attached hydrogen (secondary N) is 3. The number of carbonyl (C=O) groups excluding carboxylic acids is 1. The highest BCUT2D eigenvalue weighted by molar-refractivity contribution is 6.31. The molecule has 0 aliphatic rings. The minimum Gasteiger partial charge on any atom is -0.493 e. The van der Waals surface area contributed by atoms with E-state index in [1.54, 1.807) is 12.1 Å². The molecule has 0 atom stereocenters. The van der Waals surface area contributed by atoms with E-state index in [2.05, 4.69) is 15.6 Å². The fourth-order valence-electron chi connectivity index (χ4n) is 3.89. The maximum atomic E-state index is 14.1. The number of fused-ring (bicyclic) bond motifs is 1. The number of carbonyl (C=O) groups is 1. The lowest BCUT2D eigenvalue weighted by Gasteiger charge is -2.17. The Morgan fingerprint density at radius 3 is 2.43 bits per heavy atom. The molecule has 4 rings (SSSR count). The predicted molar refractivity (Wildman–Crippen MR) is 135 cm³/mol. The van der Waals surface area contributed by atoms with Crippen LogP contribution in [0.15, 0.2) is 54.7 Å². The molecule has 0 fully saturated rings. The standard InChI is InChI=1S/C26H25ClFN3O4/c1-33-23-12-18(13-24(34-2)25(23)35-3)31-22-11-17(28)5-6-19(22)26(32)29-9-8-15-14-30-21-7-4-16(27)10-20(15)21/h4-7,10-14,30-31H,8-9H2,1-3H3,(H,29,32). The van der Waals surface area contributed by atoms with Gasteiger partial charge in [-0.2, -0.15) is 0 Å². The fourth-order valence-corrected chi connectivity index (χ4v) is 4.06. The van der Waals surface area contributed by atoms with Crippen LogP contribution in [0.25, 0.3) is 10.9 Å². The zero-order chi connectivity index (χ0) is 24.9. The first-order chi connectivity index (χ1) is 16.9. The molecule has 1 heterocycles. The Bertz CT molecular complexity index is 1350. The van der Waals surface area contributed by atoms with Crippen LogP contribution >= 0.6 is 11.6 Å². The van der Waals surface area contributed by atoms with Crippen molar-refractivity contribution in [2.24, 2.45) is 0 Å². The first-order valence-electron chi connectivity index (χ1n) is 10.8. The van der Waals surface area contributed by atoms with E-state index in [0.29, 0.717) is 52.2 Å². The van der Waals surface area contributed by atoms with Crippen molar-refractivity contribution < 1.29 is 23.4 Å². The summed E-state index contributed by atoms with van der Waals surface area (Å²) in [5.41, 5.74) is 3.15. The SMILES string of the molecule is COc1cc(Nc2cc(F)ccc2C(=O)NCCc2c[nH]c3ccc(Cl)cc23)cc(OC)c1OC. The molecule has 0 saturated carbocycles. The van der Waals surface area contributed by atoms with Gasteiger partial charge in [0, 0.05) is 46.5 Å². The van der Waals surface area contributed by atoms with Crippen molar-refractivity contribution >= 4 is 39.8 Å². The van der Waals surface area contributed by atoms with Crippen LogP contribution in [0, 0.1) is 5.82 Å². The molecular formula is C26H25ClFN3O4. The number of H-pyrrole nitrogens is 1. The molecule has 1 amide bonds. The van der Waals surface area contributed by atoms with Gasteiger partial charge in [0.05, 0.1) is 32.6 Å². The predicted octanol–water partition coefficient (Wildman–Crippen LogP) is 5.70. The summed E-state index contributed by atoms with van der Waals surface area (Å²) in [6.07, 6.45) is 2.51. The third-order valence-electron chi connectivity index (χ3n) is 5.58. The summed E-state index contributed by atoms with van der Waals surface area (Å²) in [7, 11) is 4.51. The molecule has 9 heteroatoms. The molecule has 0 aliphatic heterocycles. The van der Waals surface area contributed by atoms with Crippen molar-refractivity contribution in [3.05, 3.63) is 76.7 Å². The molecule has 0 unspecified atom stereocenters. The number of aromatic nitrogens is 1. The maximum absolute atomic E-state index is 14.1. The Balaban J connectivity index is 1.52. The largest absolute Gasteiger partial charge is 0.493 e.